The molecule has 0 amide bonds. The van der Waals surface area contributed by atoms with E-state index in [0.717, 1.165) is 31.9 Å². The minimum absolute atomic E-state index is 0.369. The molecular formula is C12H21N5. The van der Waals surface area contributed by atoms with Crippen LogP contribution in [0.2, 0.25) is 0 Å². The van der Waals surface area contributed by atoms with Gasteiger partial charge in [-0.25, -0.2) is 9.67 Å². The lowest BCUT2D eigenvalue weighted by Crippen LogP contribution is -2.48. The number of hydrogen-bond acceptors (Lipinski definition) is 4. The molecule has 0 bridgehead atoms. The number of hydrogen-bond donors (Lipinski definition) is 1. The zero-order valence-corrected chi connectivity index (χ0v) is 10.4. The van der Waals surface area contributed by atoms with Gasteiger partial charge in [-0.05, 0) is 25.2 Å². The van der Waals surface area contributed by atoms with Gasteiger partial charge in [0.05, 0.1) is 13.1 Å². The second-order valence-electron chi connectivity index (χ2n) is 5.48. The summed E-state index contributed by atoms with van der Waals surface area (Å²) in [5.74, 6) is 1.78. The van der Waals surface area contributed by atoms with Crippen molar-refractivity contribution in [1.29, 1.82) is 0 Å². The summed E-state index contributed by atoms with van der Waals surface area (Å²) >= 11 is 0. The highest BCUT2D eigenvalue weighted by Crippen LogP contribution is 2.28. The summed E-state index contributed by atoms with van der Waals surface area (Å²) in [4.78, 5) is 6.85. The molecule has 1 aromatic rings. The van der Waals surface area contributed by atoms with Gasteiger partial charge in [-0.1, -0.05) is 6.92 Å². The van der Waals surface area contributed by atoms with Crippen LogP contribution in [0.3, 0.4) is 0 Å². The smallest absolute Gasteiger partial charge is 0.141 e. The van der Waals surface area contributed by atoms with Crippen LogP contribution in [0.25, 0.3) is 0 Å². The van der Waals surface area contributed by atoms with Gasteiger partial charge in [0.25, 0.3) is 0 Å². The Kier molecular flexibility index (Phi) is 2.88. The maximum atomic E-state index is 6.19. The highest BCUT2D eigenvalue weighted by molar-refractivity contribution is 4.93. The SMILES string of the molecule is CC1CC[C@H](N2CCn3ncnc3C2)C[C@@H]1N. The van der Waals surface area contributed by atoms with Gasteiger partial charge < -0.3 is 5.73 Å². The molecule has 2 heterocycles. The van der Waals surface area contributed by atoms with Crippen LogP contribution in [-0.2, 0) is 13.1 Å². The lowest BCUT2D eigenvalue weighted by molar-refractivity contribution is 0.0964. The van der Waals surface area contributed by atoms with Crippen molar-refractivity contribution in [3.05, 3.63) is 12.2 Å². The van der Waals surface area contributed by atoms with E-state index in [-0.39, 0.29) is 0 Å². The molecule has 0 aromatic carbocycles. The first-order valence-corrected chi connectivity index (χ1v) is 6.60. The van der Waals surface area contributed by atoms with Gasteiger partial charge in [0.15, 0.2) is 0 Å². The number of aromatic nitrogens is 3. The van der Waals surface area contributed by atoms with E-state index in [9.17, 15) is 0 Å². The van der Waals surface area contributed by atoms with Crippen molar-refractivity contribution in [3.63, 3.8) is 0 Å². The third-order valence-electron chi connectivity index (χ3n) is 4.39. The Morgan fingerprint density at radius 3 is 3.06 bits per heavy atom. The van der Waals surface area contributed by atoms with Crippen LogP contribution in [0.4, 0.5) is 0 Å². The third kappa shape index (κ3) is 2.09. The number of nitrogens with two attached hydrogens (primary N) is 1. The summed E-state index contributed by atoms with van der Waals surface area (Å²) < 4.78 is 2.02. The topological polar surface area (TPSA) is 60.0 Å². The molecule has 5 nitrogen and oxygen atoms in total. The van der Waals surface area contributed by atoms with E-state index in [4.69, 9.17) is 5.73 Å². The summed E-state index contributed by atoms with van der Waals surface area (Å²) in [6.07, 6.45) is 5.33. The predicted molar refractivity (Wildman–Crippen MR) is 65.2 cm³/mol. The first-order chi connectivity index (χ1) is 8.24. The Bertz CT molecular complexity index is 388. The average Bonchev–Trinajstić information content (AvgIpc) is 2.79. The Morgan fingerprint density at radius 1 is 1.35 bits per heavy atom. The molecule has 0 spiro atoms. The molecule has 94 valence electrons. The summed E-state index contributed by atoms with van der Waals surface area (Å²) in [5.41, 5.74) is 6.19. The molecule has 17 heavy (non-hydrogen) atoms. The highest BCUT2D eigenvalue weighted by atomic mass is 15.4. The van der Waals surface area contributed by atoms with Crippen molar-refractivity contribution in [2.45, 2.75) is 51.4 Å². The van der Waals surface area contributed by atoms with Gasteiger partial charge >= 0.3 is 0 Å². The Hall–Kier alpha value is -0.940. The Morgan fingerprint density at radius 2 is 2.24 bits per heavy atom. The fraction of sp³-hybridized carbons (Fsp3) is 0.833. The van der Waals surface area contributed by atoms with Crippen molar-refractivity contribution in [3.8, 4) is 0 Å². The van der Waals surface area contributed by atoms with Crippen molar-refractivity contribution in [2.24, 2.45) is 11.7 Å². The first-order valence-electron chi connectivity index (χ1n) is 6.60. The van der Waals surface area contributed by atoms with Gasteiger partial charge in [-0.3, -0.25) is 4.90 Å². The summed E-state index contributed by atoms with van der Waals surface area (Å²) in [6.45, 7) is 5.26. The Balaban J connectivity index is 1.67. The monoisotopic (exact) mass is 235 g/mol. The summed E-state index contributed by atoms with van der Waals surface area (Å²) in [7, 11) is 0. The van der Waals surface area contributed by atoms with Crippen molar-refractivity contribution in [2.75, 3.05) is 6.54 Å². The fourth-order valence-electron chi connectivity index (χ4n) is 3.06. The molecular weight excluding hydrogens is 214 g/mol. The van der Waals surface area contributed by atoms with E-state index in [1.807, 2.05) is 4.68 Å². The molecule has 1 saturated carbocycles. The number of rotatable bonds is 1. The minimum atomic E-state index is 0.369. The van der Waals surface area contributed by atoms with Crippen LogP contribution in [0.5, 0.6) is 0 Å². The molecule has 2 aliphatic rings. The lowest BCUT2D eigenvalue weighted by Gasteiger charge is -2.40. The molecule has 3 rings (SSSR count). The first kappa shape index (κ1) is 11.2. The molecule has 1 aromatic heterocycles. The highest BCUT2D eigenvalue weighted by Gasteiger charge is 2.31. The number of nitrogens with zero attached hydrogens (tertiary/aromatic N) is 4. The second-order valence-corrected chi connectivity index (χ2v) is 5.48. The van der Waals surface area contributed by atoms with Gasteiger partial charge in [0.2, 0.25) is 0 Å². The molecule has 1 aliphatic carbocycles. The van der Waals surface area contributed by atoms with E-state index in [1.54, 1.807) is 6.33 Å². The standard InChI is InChI=1S/C12H21N5/c1-9-2-3-10(6-11(9)13)16-4-5-17-12(7-16)14-8-15-17/h8-11H,2-7,13H2,1H3/t9?,10-,11-/m0/s1. The number of fused-ring (bicyclic) bond motifs is 1. The van der Waals surface area contributed by atoms with E-state index in [0.29, 0.717) is 18.0 Å². The summed E-state index contributed by atoms with van der Waals surface area (Å²) in [6, 6.07) is 1.01. The molecule has 2 N–H and O–H groups in total. The Labute approximate surface area is 102 Å². The zero-order chi connectivity index (χ0) is 11.8. The van der Waals surface area contributed by atoms with Crippen LogP contribution >= 0.6 is 0 Å². The van der Waals surface area contributed by atoms with Crippen LogP contribution in [-0.4, -0.2) is 38.3 Å². The predicted octanol–water partition coefficient (Wildman–Crippen LogP) is 0.610. The van der Waals surface area contributed by atoms with Crippen molar-refractivity contribution >= 4 is 0 Å². The van der Waals surface area contributed by atoms with Gasteiger partial charge in [0.1, 0.15) is 12.2 Å². The molecule has 3 atom stereocenters. The molecule has 1 aliphatic heterocycles. The van der Waals surface area contributed by atoms with Gasteiger partial charge in [-0.15, -0.1) is 0 Å². The maximum Gasteiger partial charge on any atom is 0.141 e. The fourth-order valence-corrected chi connectivity index (χ4v) is 3.06. The van der Waals surface area contributed by atoms with Crippen molar-refractivity contribution < 1.29 is 0 Å². The quantitative estimate of drug-likeness (QED) is 0.775. The van der Waals surface area contributed by atoms with Crippen LogP contribution in [0.15, 0.2) is 6.33 Å². The molecule has 0 saturated heterocycles. The van der Waals surface area contributed by atoms with E-state index in [1.165, 1.54) is 12.8 Å². The largest absolute Gasteiger partial charge is 0.327 e. The lowest BCUT2D eigenvalue weighted by atomic mass is 9.82. The van der Waals surface area contributed by atoms with Crippen molar-refractivity contribution in [1.82, 2.24) is 19.7 Å². The van der Waals surface area contributed by atoms with Crippen LogP contribution in [0, 0.1) is 5.92 Å². The van der Waals surface area contributed by atoms with Crippen LogP contribution < -0.4 is 5.73 Å². The second kappa shape index (κ2) is 4.38. The van der Waals surface area contributed by atoms with Crippen LogP contribution in [0.1, 0.15) is 32.0 Å². The third-order valence-corrected chi connectivity index (χ3v) is 4.39. The summed E-state index contributed by atoms with van der Waals surface area (Å²) in [5, 5.41) is 4.22. The minimum Gasteiger partial charge on any atom is -0.327 e. The van der Waals surface area contributed by atoms with E-state index in [2.05, 4.69) is 21.9 Å². The molecule has 1 unspecified atom stereocenters. The molecule has 0 radical (unpaired) electrons. The normalized spacial score (nSPS) is 34.6. The molecule has 1 fully saturated rings. The molecule has 5 heteroatoms. The van der Waals surface area contributed by atoms with E-state index >= 15 is 0 Å². The van der Waals surface area contributed by atoms with Gasteiger partial charge in [0, 0.05) is 18.6 Å². The average molecular weight is 235 g/mol. The van der Waals surface area contributed by atoms with Gasteiger partial charge in [-0.2, -0.15) is 5.10 Å². The maximum absolute atomic E-state index is 6.19. The van der Waals surface area contributed by atoms with E-state index < -0.39 is 0 Å². The zero-order valence-electron chi connectivity index (χ0n) is 10.4.